The Kier molecular flexibility index (Phi) is 2.70. The Bertz CT molecular complexity index is 512. The van der Waals surface area contributed by atoms with Crippen LogP contribution in [0, 0.1) is 5.82 Å². The molecule has 0 amide bonds. The molecule has 0 bridgehead atoms. The molecule has 0 aliphatic carbocycles. The van der Waals surface area contributed by atoms with Crippen LogP contribution < -0.4 is 10.2 Å². The van der Waals surface area contributed by atoms with Crippen molar-refractivity contribution in [3.8, 4) is 5.75 Å². The van der Waals surface area contributed by atoms with E-state index in [4.69, 9.17) is 14.0 Å². The Hall–Kier alpha value is -1.07. The van der Waals surface area contributed by atoms with E-state index in [1.165, 1.54) is 6.07 Å². The number of ether oxygens (including phenoxy) is 1. The molecule has 0 unspecified atom stereocenters. The maximum Gasteiger partial charge on any atom is 0.498 e. The van der Waals surface area contributed by atoms with Crippen LogP contribution >= 0.6 is 0 Å². The lowest BCUT2D eigenvalue weighted by molar-refractivity contribution is 0.00578. The fourth-order valence-corrected chi connectivity index (χ4v) is 2.44. The van der Waals surface area contributed by atoms with Crippen molar-refractivity contribution in [2.24, 2.45) is 0 Å². The van der Waals surface area contributed by atoms with Crippen LogP contribution in [0.3, 0.4) is 0 Å². The molecular formula is C14H18BFO3. The van der Waals surface area contributed by atoms with Gasteiger partial charge in [0, 0.05) is 17.4 Å². The molecule has 2 aliphatic heterocycles. The molecule has 1 aromatic rings. The van der Waals surface area contributed by atoms with Crippen molar-refractivity contribution >= 4 is 12.6 Å². The van der Waals surface area contributed by atoms with E-state index in [0.717, 1.165) is 5.46 Å². The highest BCUT2D eigenvalue weighted by molar-refractivity contribution is 6.63. The Morgan fingerprint density at radius 3 is 2.37 bits per heavy atom. The molecule has 0 atom stereocenters. The minimum atomic E-state index is -0.502. The smallest absolute Gasteiger partial charge is 0.493 e. The SMILES string of the molecule is CC1(C)OB(c2ccc(F)c3c2OCC3)OC1(C)C. The zero-order chi connectivity index (χ0) is 13.8. The summed E-state index contributed by atoms with van der Waals surface area (Å²) in [6.07, 6.45) is 0.606. The molecule has 0 aromatic heterocycles. The quantitative estimate of drug-likeness (QED) is 0.727. The summed E-state index contributed by atoms with van der Waals surface area (Å²) >= 11 is 0. The molecule has 0 saturated carbocycles. The highest BCUT2D eigenvalue weighted by Gasteiger charge is 2.52. The van der Waals surface area contributed by atoms with Gasteiger partial charge in [-0.15, -0.1) is 0 Å². The summed E-state index contributed by atoms with van der Waals surface area (Å²) in [5.74, 6) is 0.381. The Morgan fingerprint density at radius 1 is 1.11 bits per heavy atom. The minimum absolute atomic E-state index is 0.215. The lowest BCUT2D eigenvalue weighted by Crippen LogP contribution is -2.41. The molecule has 0 radical (unpaired) electrons. The highest BCUT2D eigenvalue weighted by atomic mass is 19.1. The summed E-state index contributed by atoms with van der Waals surface area (Å²) in [4.78, 5) is 0. The van der Waals surface area contributed by atoms with Crippen molar-refractivity contribution in [2.45, 2.75) is 45.3 Å². The van der Waals surface area contributed by atoms with Gasteiger partial charge in [-0.1, -0.05) is 6.07 Å². The molecule has 2 heterocycles. The van der Waals surface area contributed by atoms with Crippen molar-refractivity contribution in [2.75, 3.05) is 6.61 Å². The van der Waals surface area contributed by atoms with E-state index in [2.05, 4.69) is 0 Å². The summed E-state index contributed by atoms with van der Waals surface area (Å²) in [6, 6.07) is 3.16. The zero-order valence-corrected chi connectivity index (χ0v) is 11.7. The molecule has 3 nitrogen and oxygen atoms in total. The summed E-state index contributed by atoms with van der Waals surface area (Å²) in [7, 11) is -0.502. The number of halogens is 1. The molecule has 1 aromatic carbocycles. The van der Waals surface area contributed by atoms with Crippen LogP contribution in [0.15, 0.2) is 12.1 Å². The molecule has 102 valence electrons. The van der Waals surface area contributed by atoms with Crippen molar-refractivity contribution in [3.63, 3.8) is 0 Å². The molecule has 0 spiro atoms. The third-order valence-corrected chi connectivity index (χ3v) is 4.34. The van der Waals surface area contributed by atoms with Crippen LogP contribution in [0.4, 0.5) is 4.39 Å². The van der Waals surface area contributed by atoms with E-state index in [9.17, 15) is 4.39 Å². The van der Waals surface area contributed by atoms with Crippen molar-refractivity contribution < 1.29 is 18.4 Å². The van der Waals surface area contributed by atoms with E-state index in [0.29, 0.717) is 24.3 Å². The third kappa shape index (κ3) is 1.87. The summed E-state index contributed by atoms with van der Waals surface area (Å²) in [5, 5.41) is 0. The second-order valence-electron chi connectivity index (χ2n) is 6.13. The second kappa shape index (κ2) is 3.96. The van der Waals surface area contributed by atoms with Gasteiger partial charge in [0.15, 0.2) is 0 Å². The molecule has 1 fully saturated rings. The number of benzene rings is 1. The first-order valence-electron chi connectivity index (χ1n) is 6.61. The molecular weight excluding hydrogens is 246 g/mol. The number of hydrogen-bond donors (Lipinski definition) is 0. The minimum Gasteiger partial charge on any atom is -0.493 e. The van der Waals surface area contributed by atoms with E-state index < -0.39 is 18.3 Å². The zero-order valence-electron chi connectivity index (χ0n) is 11.7. The number of fused-ring (bicyclic) bond motifs is 1. The molecule has 0 N–H and O–H groups in total. The first kappa shape index (κ1) is 12.9. The van der Waals surface area contributed by atoms with Crippen LogP contribution in [-0.4, -0.2) is 24.9 Å². The Balaban J connectivity index is 2.00. The van der Waals surface area contributed by atoms with Gasteiger partial charge < -0.3 is 14.0 Å². The van der Waals surface area contributed by atoms with Gasteiger partial charge in [-0.2, -0.15) is 0 Å². The maximum absolute atomic E-state index is 13.7. The number of rotatable bonds is 1. The summed E-state index contributed by atoms with van der Waals surface area (Å²) < 4.78 is 31.2. The maximum atomic E-state index is 13.7. The van der Waals surface area contributed by atoms with E-state index in [1.54, 1.807) is 6.07 Å². The van der Waals surface area contributed by atoms with Gasteiger partial charge in [-0.25, -0.2) is 4.39 Å². The normalized spacial score (nSPS) is 23.3. The topological polar surface area (TPSA) is 27.7 Å². The molecule has 2 aliphatic rings. The number of hydrogen-bond acceptors (Lipinski definition) is 3. The van der Waals surface area contributed by atoms with Gasteiger partial charge in [0.2, 0.25) is 0 Å². The van der Waals surface area contributed by atoms with Gasteiger partial charge in [-0.3, -0.25) is 0 Å². The summed E-state index contributed by atoms with van der Waals surface area (Å²) in [6.45, 7) is 8.51. The van der Waals surface area contributed by atoms with Crippen molar-refractivity contribution in [1.29, 1.82) is 0 Å². The fourth-order valence-electron chi connectivity index (χ4n) is 2.44. The van der Waals surface area contributed by atoms with Crippen molar-refractivity contribution in [1.82, 2.24) is 0 Å². The molecule has 19 heavy (non-hydrogen) atoms. The Labute approximate surface area is 113 Å². The lowest BCUT2D eigenvalue weighted by atomic mass is 9.77. The molecule has 1 saturated heterocycles. The standard InChI is InChI=1S/C14H18BFO3/c1-13(2)14(3,4)19-15(18-13)10-5-6-11(16)9-7-8-17-12(9)10/h5-6H,7-8H2,1-4H3. The van der Waals surface area contributed by atoms with Gasteiger partial charge >= 0.3 is 7.12 Å². The van der Waals surface area contributed by atoms with Crippen LogP contribution in [0.2, 0.25) is 0 Å². The van der Waals surface area contributed by atoms with Gasteiger partial charge in [0.05, 0.1) is 17.8 Å². The molecule has 5 heteroatoms. The summed E-state index contributed by atoms with van der Waals surface area (Å²) in [5.41, 5.74) is 0.606. The van der Waals surface area contributed by atoms with Crippen LogP contribution in [0.25, 0.3) is 0 Å². The first-order chi connectivity index (χ1) is 8.82. The predicted octanol–water partition coefficient (Wildman–Crippen LogP) is 2.06. The van der Waals surface area contributed by atoms with Crippen molar-refractivity contribution in [3.05, 3.63) is 23.5 Å². The van der Waals surface area contributed by atoms with Crippen LogP contribution in [0.5, 0.6) is 5.75 Å². The third-order valence-electron chi connectivity index (χ3n) is 4.34. The lowest BCUT2D eigenvalue weighted by Gasteiger charge is -2.32. The average molecular weight is 264 g/mol. The van der Waals surface area contributed by atoms with E-state index in [1.807, 2.05) is 27.7 Å². The second-order valence-corrected chi connectivity index (χ2v) is 6.13. The van der Waals surface area contributed by atoms with E-state index >= 15 is 0 Å². The van der Waals surface area contributed by atoms with Gasteiger partial charge in [-0.05, 0) is 33.8 Å². The monoisotopic (exact) mass is 264 g/mol. The first-order valence-corrected chi connectivity index (χ1v) is 6.61. The Morgan fingerprint density at radius 2 is 1.74 bits per heavy atom. The van der Waals surface area contributed by atoms with Crippen LogP contribution in [0.1, 0.15) is 33.3 Å². The van der Waals surface area contributed by atoms with Gasteiger partial charge in [0.25, 0.3) is 0 Å². The van der Waals surface area contributed by atoms with Gasteiger partial charge in [0.1, 0.15) is 11.6 Å². The van der Waals surface area contributed by atoms with Crippen LogP contribution in [-0.2, 0) is 15.7 Å². The predicted molar refractivity (Wildman–Crippen MR) is 71.3 cm³/mol. The van der Waals surface area contributed by atoms with E-state index in [-0.39, 0.29) is 5.82 Å². The average Bonchev–Trinajstić information content (AvgIpc) is 2.84. The largest absolute Gasteiger partial charge is 0.498 e. The fraction of sp³-hybridized carbons (Fsp3) is 0.571. The molecule has 3 rings (SSSR count). The highest BCUT2D eigenvalue weighted by Crippen LogP contribution is 2.38.